The van der Waals surface area contributed by atoms with E-state index in [1.54, 1.807) is 36.4 Å². The smallest absolute Gasteiger partial charge is 0.426 e. The first-order valence-corrected chi connectivity index (χ1v) is 13.4. The second-order valence-electron chi connectivity index (χ2n) is 10.2. The molecule has 1 aromatic carbocycles. The molecular weight excluding hydrogens is 565 g/mol. The summed E-state index contributed by atoms with van der Waals surface area (Å²) in [5.74, 6) is -4.64. The molecule has 2 aliphatic rings. The van der Waals surface area contributed by atoms with E-state index in [4.69, 9.17) is 4.74 Å². The summed E-state index contributed by atoms with van der Waals surface area (Å²) in [6.45, 7) is 3.34. The van der Waals surface area contributed by atoms with Crippen LogP contribution in [-0.4, -0.2) is 78.9 Å². The molecule has 5 atom stereocenters. The van der Waals surface area contributed by atoms with Crippen molar-refractivity contribution in [1.29, 1.82) is 0 Å². The highest BCUT2D eigenvalue weighted by Gasteiger charge is 2.63. The topological polar surface area (TPSA) is 142 Å². The van der Waals surface area contributed by atoms with Crippen LogP contribution < -0.4 is 10.1 Å². The zero-order valence-corrected chi connectivity index (χ0v) is 22.4. The summed E-state index contributed by atoms with van der Waals surface area (Å²) in [5, 5.41) is 24.0. The summed E-state index contributed by atoms with van der Waals surface area (Å²) < 4.78 is 46.9. The van der Waals surface area contributed by atoms with Crippen LogP contribution in [0.4, 0.5) is 13.2 Å². The lowest BCUT2D eigenvalue weighted by Gasteiger charge is -2.32. The molecule has 41 heavy (non-hydrogen) atoms. The van der Waals surface area contributed by atoms with Crippen LogP contribution in [0.25, 0.3) is 21.6 Å². The molecule has 3 heterocycles. The number of ether oxygens (including phenoxy) is 1. The molecule has 216 valence electrons. The number of hydrogen-bond donors (Lipinski definition) is 3. The molecule has 2 aromatic heterocycles. The van der Waals surface area contributed by atoms with Crippen LogP contribution in [0, 0.1) is 5.92 Å². The van der Waals surface area contributed by atoms with Crippen molar-refractivity contribution in [2.45, 2.75) is 49.2 Å². The summed E-state index contributed by atoms with van der Waals surface area (Å²) in [5.41, 5.74) is -4.07. The molecule has 0 bridgehead atoms. The van der Waals surface area contributed by atoms with Gasteiger partial charge >= 0.3 is 12.1 Å². The Hall–Kier alpha value is -4.04. The number of aromatic nitrogens is 2. The zero-order chi connectivity index (χ0) is 29.7. The molecular formula is C27H25F3N4O6S. The fourth-order valence-corrected chi connectivity index (χ4v) is 5.58. The van der Waals surface area contributed by atoms with Crippen LogP contribution in [0.2, 0.25) is 0 Å². The predicted octanol–water partition coefficient (Wildman–Crippen LogP) is 3.17. The van der Waals surface area contributed by atoms with E-state index >= 15 is 0 Å². The van der Waals surface area contributed by atoms with Gasteiger partial charge in [0, 0.05) is 12.3 Å². The van der Waals surface area contributed by atoms with Gasteiger partial charge in [-0.25, -0.2) is 14.8 Å². The molecule has 3 N–H and O–H groups in total. The van der Waals surface area contributed by atoms with Crippen molar-refractivity contribution in [3.63, 3.8) is 0 Å². The number of carboxylic acid groups (broad SMARTS) is 1. The van der Waals surface area contributed by atoms with Gasteiger partial charge in [-0.2, -0.15) is 13.2 Å². The molecule has 1 aliphatic heterocycles. The van der Waals surface area contributed by atoms with Crippen molar-refractivity contribution in [1.82, 2.24) is 20.2 Å². The lowest BCUT2D eigenvalue weighted by molar-refractivity contribution is -0.250. The van der Waals surface area contributed by atoms with Gasteiger partial charge in [-0.15, -0.1) is 17.9 Å². The number of carboxylic acids is 1. The number of rotatable bonds is 8. The van der Waals surface area contributed by atoms with E-state index in [0.717, 1.165) is 0 Å². The van der Waals surface area contributed by atoms with Gasteiger partial charge in [0.05, 0.1) is 22.5 Å². The van der Waals surface area contributed by atoms with Gasteiger partial charge in [-0.1, -0.05) is 24.3 Å². The van der Waals surface area contributed by atoms with Crippen molar-refractivity contribution >= 4 is 40.2 Å². The van der Waals surface area contributed by atoms with Crippen molar-refractivity contribution in [3.8, 4) is 16.5 Å². The first-order valence-electron chi connectivity index (χ1n) is 12.5. The first-order chi connectivity index (χ1) is 19.3. The Morgan fingerprint density at radius 2 is 1.88 bits per heavy atom. The molecule has 14 heteroatoms. The summed E-state index contributed by atoms with van der Waals surface area (Å²) in [6, 6.07) is 9.00. The number of nitrogens with zero attached hydrogens (tertiary/aromatic N) is 3. The van der Waals surface area contributed by atoms with E-state index in [9.17, 15) is 37.8 Å². The molecule has 0 spiro atoms. The lowest BCUT2D eigenvalue weighted by Crippen LogP contribution is -2.60. The molecule has 10 nitrogen and oxygen atoms in total. The first kappa shape index (κ1) is 28.5. The Kier molecular flexibility index (Phi) is 7.02. The number of likely N-dealkylation sites (tertiary alicyclic amines) is 1. The minimum absolute atomic E-state index is 0.0370. The predicted molar refractivity (Wildman–Crippen MR) is 141 cm³/mol. The third-order valence-electron chi connectivity index (χ3n) is 7.39. The van der Waals surface area contributed by atoms with E-state index in [0.29, 0.717) is 33.4 Å². The van der Waals surface area contributed by atoms with Crippen LogP contribution in [0.5, 0.6) is 5.88 Å². The number of fused-ring (bicyclic) bond motifs is 1. The average molecular weight is 591 g/mol. The number of carbonyl (C=O) groups is 3. The molecule has 0 unspecified atom stereocenters. The molecule has 1 aliphatic carbocycles. The summed E-state index contributed by atoms with van der Waals surface area (Å²) in [6.07, 6.45) is -5.28. The van der Waals surface area contributed by atoms with E-state index in [1.165, 1.54) is 17.4 Å². The van der Waals surface area contributed by atoms with Crippen LogP contribution in [-0.2, 0) is 14.4 Å². The number of halogens is 3. The van der Waals surface area contributed by atoms with Gasteiger partial charge in [-0.3, -0.25) is 9.59 Å². The number of thiophene rings is 1. The van der Waals surface area contributed by atoms with E-state index in [-0.39, 0.29) is 18.7 Å². The summed E-state index contributed by atoms with van der Waals surface area (Å²) in [7, 11) is 0. The van der Waals surface area contributed by atoms with E-state index < -0.39 is 59.7 Å². The van der Waals surface area contributed by atoms with Crippen LogP contribution >= 0.6 is 11.3 Å². The third-order valence-corrected chi connectivity index (χ3v) is 8.27. The van der Waals surface area contributed by atoms with Crippen molar-refractivity contribution < 1.29 is 42.5 Å². The molecule has 5 rings (SSSR count). The number of nitrogens with one attached hydrogen (secondary N) is 1. The molecule has 2 fully saturated rings. The fraction of sp³-hybridized carbons (Fsp3) is 0.370. The third kappa shape index (κ3) is 5.01. The van der Waals surface area contributed by atoms with Crippen LogP contribution in [0.3, 0.4) is 0 Å². The van der Waals surface area contributed by atoms with Crippen molar-refractivity contribution in [2.75, 3.05) is 6.54 Å². The molecule has 3 aromatic rings. The normalized spacial score (nSPS) is 25.4. The largest absolute Gasteiger partial charge is 0.479 e. The number of para-hydroxylation sites is 2. The van der Waals surface area contributed by atoms with Crippen LogP contribution in [0.1, 0.15) is 19.8 Å². The van der Waals surface area contributed by atoms with Gasteiger partial charge in [-0.05, 0) is 36.9 Å². The number of amides is 2. The van der Waals surface area contributed by atoms with Gasteiger partial charge in [0.15, 0.2) is 0 Å². The Morgan fingerprint density at radius 1 is 1.20 bits per heavy atom. The molecule has 1 saturated carbocycles. The second-order valence-corrected chi connectivity index (χ2v) is 11.1. The number of benzene rings is 1. The molecule has 0 radical (unpaired) electrons. The van der Waals surface area contributed by atoms with Crippen molar-refractivity contribution in [3.05, 3.63) is 54.4 Å². The second kappa shape index (κ2) is 10.1. The number of carbonyl (C=O) groups excluding carboxylic acids is 2. The minimum Gasteiger partial charge on any atom is -0.479 e. The lowest BCUT2D eigenvalue weighted by atomic mass is 10.0. The monoisotopic (exact) mass is 590 g/mol. The molecule has 1 saturated heterocycles. The Bertz CT molecular complexity index is 1530. The quantitative estimate of drug-likeness (QED) is 0.340. The Morgan fingerprint density at radius 3 is 2.44 bits per heavy atom. The maximum Gasteiger partial charge on any atom is 0.426 e. The Labute approximate surface area is 235 Å². The van der Waals surface area contributed by atoms with Gasteiger partial charge < -0.3 is 25.2 Å². The highest BCUT2D eigenvalue weighted by Crippen LogP contribution is 2.45. The van der Waals surface area contributed by atoms with Crippen LogP contribution in [0.15, 0.2) is 54.4 Å². The zero-order valence-electron chi connectivity index (χ0n) is 21.6. The average Bonchev–Trinajstić information content (AvgIpc) is 3.23. The highest BCUT2D eigenvalue weighted by molar-refractivity contribution is 7.13. The number of aliphatic hydroxyl groups is 1. The maximum absolute atomic E-state index is 13.6. The number of hydrogen-bond acceptors (Lipinski definition) is 8. The summed E-state index contributed by atoms with van der Waals surface area (Å²) >= 11 is 1.36. The van der Waals surface area contributed by atoms with E-state index in [1.807, 2.05) is 5.38 Å². The molecule has 2 amide bonds. The maximum atomic E-state index is 13.6. The fourth-order valence-electron chi connectivity index (χ4n) is 4.87. The van der Waals surface area contributed by atoms with Gasteiger partial charge in [0.1, 0.15) is 23.4 Å². The van der Waals surface area contributed by atoms with Gasteiger partial charge in [0.25, 0.3) is 5.91 Å². The summed E-state index contributed by atoms with van der Waals surface area (Å²) in [4.78, 5) is 48.7. The standard InChI is InChI=1S/C27H25F3N4O6S/c1-3-14-12-26(14,24(37)38)33-21(35)18-11-15(13-34(18)23(36)25(2,39)27(28,29)30)40-22-20(19-9-6-10-41-19)31-16-7-4-5-8-17(16)32-22/h3-10,14-15,18,39H,1,11-13H2,2H3,(H,33,35)(H,37,38)/t14-,15-,18+,25+,26-/m1/s1. The Balaban J connectivity index is 1.48. The number of alkyl halides is 3. The highest BCUT2D eigenvalue weighted by atomic mass is 32.1. The number of aliphatic carboxylic acids is 1. The SMILES string of the molecule is C=C[C@@H]1C[C@]1(NC(=O)[C@@H]1C[C@@H](Oc2nc3ccccc3nc2-c2cccs2)CN1C(=O)[C@](C)(O)C(F)(F)F)C(=O)O. The van der Waals surface area contributed by atoms with E-state index in [2.05, 4.69) is 21.9 Å². The minimum atomic E-state index is -5.34. The van der Waals surface area contributed by atoms with Gasteiger partial charge in [0.2, 0.25) is 17.4 Å². The van der Waals surface area contributed by atoms with Crippen molar-refractivity contribution in [2.24, 2.45) is 5.92 Å².